The summed E-state index contributed by atoms with van der Waals surface area (Å²) in [5.74, 6) is -0.106. The molecule has 7 nitrogen and oxygen atoms in total. The summed E-state index contributed by atoms with van der Waals surface area (Å²) in [6, 6.07) is 14.4. The van der Waals surface area contributed by atoms with E-state index >= 15 is 0 Å². The summed E-state index contributed by atoms with van der Waals surface area (Å²) in [4.78, 5) is 17.8. The van der Waals surface area contributed by atoms with E-state index in [0.717, 1.165) is 60.5 Å². The lowest BCUT2D eigenvalue weighted by atomic mass is 10.1. The molecule has 0 aliphatic carbocycles. The molecule has 7 heteroatoms. The highest BCUT2D eigenvalue weighted by atomic mass is 16.1. The largest absolute Gasteiger partial charge is 0.355 e. The number of fused-ring (bicyclic) bond motifs is 2. The lowest BCUT2D eigenvalue weighted by molar-refractivity contribution is 0.0963. The van der Waals surface area contributed by atoms with Gasteiger partial charge in [0, 0.05) is 61.6 Å². The number of amides is 1. The number of hydrogen-bond acceptors (Lipinski definition) is 4. The van der Waals surface area contributed by atoms with Crippen molar-refractivity contribution in [2.24, 2.45) is 0 Å². The van der Waals surface area contributed by atoms with Crippen LogP contribution >= 0.6 is 0 Å². The van der Waals surface area contributed by atoms with E-state index in [-0.39, 0.29) is 5.91 Å². The van der Waals surface area contributed by atoms with Gasteiger partial charge in [-0.2, -0.15) is 5.10 Å². The first-order chi connectivity index (χ1) is 14.2. The van der Waals surface area contributed by atoms with Gasteiger partial charge in [0.1, 0.15) is 5.69 Å². The fourth-order valence-electron chi connectivity index (χ4n) is 4.05. The molecule has 2 aromatic carbocycles. The molecule has 0 spiro atoms. The van der Waals surface area contributed by atoms with E-state index < -0.39 is 0 Å². The number of aromatic nitrogens is 3. The van der Waals surface area contributed by atoms with Crippen molar-refractivity contribution in [3.63, 3.8) is 0 Å². The summed E-state index contributed by atoms with van der Waals surface area (Å²) in [7, 11) is 1.63. The van der Waals surface area contributed by atoms with Crippen molar-refractivity contribution in [2.45, 2.75) is 6.54 Å². The van der Waals surface area contributed by atoms with E-state index in [1.54, 1.807) is 7.05 Å². The molecule has 4 N–H and O–H groups in total. The molecule has 1 aliphatic rings. The maximum absolute atomic E-state index is 11.9. The van der Waals surface area contributed by atoms with Crippen molar-refractivity contribution in [1.82, 2.24) is 30.7 Å². The SMILES string of the molecule is CNC(=O)c1ccc2c(-c3cc4cc(CN5CCNCC5)ccc4[nH]3)n[nH]c2c1. The maximum atomic E-state index is 11.9. The van der Waals surface area contributed by atoms with Gasteiger partial charge in [-0.15, -0.1) is 0 Å². The monoisotopic (exact) mass is 388 g/mol. The molecule has 148 valence electrons. The van der Waals surface area contributed by atoms with Crippen molar-refractivity contribution in [3.05, 3.63) is 53.6 Å². The number of benzene rings is 2. The topological polar surface area (TPSA) is 88.8 Å². The molecular weight excluding hydrogens is 364 g/mol. The molecule has 5 rings (SSSR count). The van der Waals surface area contributed by atoms with Crippen LogP contribution in [0.1, 0.15) is 15.9 Å². The smallest absolute Gasteiger partial charge is 0.251 e. The summed E-state index contributed by atoms with van der Waals surface area (Å²) in [6.45, 7) is 5.28. The Kier molecular flexibility index (Phi) is 4.54. The average Bonchev–Trinajstić information content (AvgIpc) is 3.36. The first-order valence-corrected chi connectivity index (χ1v) is 9.96. The molecule has 1 saturated heterocycles. The first kappa shape index (κ1) is 17.9. The van der Waals surface area contributed by atoms with Gasteiger partial charge >= 0.3 is 0 Å². The summed E-state index contributed by atoms with van der Waals surface area (Å²) in [6.07, 6.45) is 0. The van der Waals surface area contributed by atoms with Gasteiger partial charge in [0.05, 0.1) is 11.2 Å². The van der Waals surface area contributed by atoms with Gasteiger partial charge in [0.25, 0.3) is 5.91 Å². The maximum Gasteiger partial charge on any atom is 0.251 e. The second kappa shape index (κ2) is 7.35. The van der Waals surface area contributed by atoms with Crippen molar-refractivity contribution < 1.29 is 4.79 Å². The van der Waals surface area contributed by atoms with Gasteiger partial charge in [0.2, 0.25) is 0 Å². The Labute approximate surface area is 168 Å². The fourth-order valence-corrected chi connectivity index (χ4v) is 4.05. The number of hydrogen-bond donors (Lipinski definition) is 4. The van der Waals surface area contributed by atoms with Crippen molar-refractivity contribution in [1.29, 1.82) is 0 Å². The van der Waals surface area contributed by atoms with Crippen molar-refractivity contribution in [2.75, 3.05) is 33.2 Å². The number of piperazine rings is 1. The first-order valence-electron chi connectivity index (χ1n) is 9.96. The van der Waals surface area contributed by atoms with Crippen LogP contribution in [0.2, 0.25) is 0 Å². The third-order valence-electron chi connectivity index (χ3n) is 5.61. The van der Waals surface area contributed by atoms with E-state index in [4.69, 9.17) is 0 Å². The molecular formula is C22H24N6O. The third kappa shape index (κ3) is 3.39. The fraction of sp³-hybridized carbons (Fsp3) is 0.273. The van der Waals surface area contributed by atoms with Crippen LogP contribution < -0.4 is 10.6 Å². The van der Waals surface area contributed by atoms with Gasteiger partial charge in [-0.3, -0.25) is 14.8 Å². The second-order valence-corrected chi connectivity index (χ2v) is 7.54. The summed E-state index contributed by atoms with van der Waals surface area (Å²) < 4.78 is 0. The Bertz CT molecular complexity index is 1180. The van der Waals surface area contributed by atoms with Crippen molar-refractivity contribution in [3.8, 4) is 11.4 Å². The summed E-state index contributed by atoms with van der Waals surface area (Å²) in [5.41, 5.74) is 5.72. The Morgan fingerprint density at radius 2 is 1.97 bits per heavy atom. The Morgan fingerprint density at radius 1 is 1.10 bits per heavy atom. The van der Waals surface area contributed by atoms with E-state index in [1.165, 1.54) is 10.9 Å². The van der Waals surface area contributed by atoms with E-state index in [1.807, 2.05) is 18.2 Å². The molecule has 3 heterocycles. The van der Waals surface area contributed by atoms with Crippen LogP contribution in [0.5, 0.6) is 0 Å². The number of H-pyrrole nitrogens is 2. The van der Waals surface area contributed by atoms with Crippen LogP contribution in [0.4, 0.5) is 0 Å². The van der Waals surface area contributed by atoms with Gasteiger partial charge in [0.15, 0.2) is 0 Å². The lowest BCUT2D eigenvalue weighted by Crippen LogP contribution is -2.42. The van der Waals surface area contributed by atoms with Gasteiger partial charge in [-0.05, 0) is 42.0 Å². The molecule has 4 aromatic rings. The zero-order valence-corrected chi connectivity index (χ0v) is 16.4. The summed E-state index contributed by atoms with van der Waals surface area (Å²) >= 11 is 0. The Hall–Kier alpha value is -3.16. The lowest BCUT2D eigenvalue weighted by Gasteiger charge is -2.27. The zero-order valence-electron chi connectivity index (χ0n) is 16.4. The second-order valence-electron chi connectivity index (χ2n) is 7.54. The molecule has 0 bridgehead atoms. The van der Waals surface area contributed by atoms with Crippen LogP contribution in [0.25, 0.3) is 33.2 Å². The number of nitrogens with zero attached hydrogens (tertiary/aromatic N) is 2. The molecule has 0 radical (unpaired) electrons. The molecule has 0 unspecified atom stereocenters. The molecule has 1 amide bonds. The predicted octanol–water partition coefficient (Wildman–Crippen LogP) is 2.48. The number of carbonyl (C=O) groups is 1. The highest BCUT2D eigenvalue weighted by molar-refractivity contribution is 6.01. The number of carbonyl (C=O) groups excluding carboxylic acids is 1. The predicted molar refractivity (Wildman–Crippen MR) is 115 cm³/mol. The molecule has 29 heavy (non-hydrogen) atoms. The van der Waals surface area contributed by atoms with E-state index in [9.17, 15) is 4.79 Å². The van der Waals surface area contributed by atoms with Crippen LogP contribution in [-0.4, -0.2) is 59.2 Å². The number of nitrogens with one attached hydrogen (secondary N) is 4. The minimum atomic E-state index is -0.106. The molecule has 2 aromatic heterocycles. The minimum absolute atomic E-state index is 0.106. The van der Waals surface area contributed by atoms with E-state index in [0.29, 0.717) is 5.56 Å². The number of aromatic amines is 2. The standard InChI is InChI=1S/C22H24N6O/c1-23-22(29)15-3-4-17-19(11-15)26-27-21(17)20-12-16-10-14(2-5-18(16)25-20)13-28-8-6-24-7-9-28/h2-5,10-12,24-25H,6-9,13H2,1H3,(H,23,29)(H,26,27). The van der Waals surface area contributed by atoms with Gasteiger partial charge in [-0.25, -0.2) is 0 Å². The van der Waals surface area contributed by atoms with E-state index in [2.05, 4.69) is 55.0 Å². The molecule has 0 saturated carbocycles. The quantitative estimate of drug-likeness (QED) is 0.432. The molecule has 1 aliphatic heterocycles. The van der Waals surface area contributed by atoms with Gasteiger partial charge in [-0.1, -0.05) is 6.07 Å². The Balaban J connectivity index is 1.46. The highest BCUT2D eigenvalue weighted by Gasteiger charge is 2.14. The molecule has 0 atom stereocenters. The normalized spacial score (nSPS) is 15.2. The van der Waals surface area contributed by atoms with Crippen molar-refractivity contribution >= 4 is 27.7 Å². The number of rotatable bonds is 4. The zero-order chi connectivity index (χ0) is 19.8. The molecule has 1 fully saturated rings. The highest BCUT2D eigenvalue weighted by Crippen LogP contribution is 2.29. The average molecular weight is 388 g/mol. The van der Waals surface area contributed by atoms with Crippen LogP contribution in [0, 0.1) is 0 Å². The van der Waals surface area contributed by atoms with Crippen LogP contribution in [0.3, 0.4) is 0 Å². The third-order valence-corrected chi connectivity index (χ3v) is 5.61. The Morgan fingerprint density at radius 3 is 2.79 bits per heavy atom. The summed E-state index contributed by atoms with van der Waals surface area (Å²) in [5, 5.41) is 15.8. The minimum Gasteiger partial charge on any atom is -0.355 e. The van der Waals surface area contributed by atoms with Crippen LogP contribution in [0.15, 0.2) is 42.5 Å². The van der Waals surface area contributed by atoms with Crippen LogP contribution in [-0.2, 0) is 6.54 Å². The van der Waals surface area contributed by atoms with Gasteiger partial charge < -0.3 is 15.6 Å².